The number of hydrogen-bond donors (Lipinski definition) is 0. The first kappa shape index (κ1) is 12.7. The summed E-state index contributed by atoms with van der Waals surface area (Å²) >= 11 is 0. The highest BCUT2D eigenvalue weighted by Gasteiger charge is 2.04. The first-order valence-corrected chi connectivity index (χ1v) is 6.66. The monoisotopic (exact) mass is 242 g/mol. The summed E-state index contributed by atoms with van der Waals surface area (Å²) in [6.45, 7) is 1.54. The van der Waals surface area contributed by atoms with Crippen LogP contribution in [0.5, 0.6) is 5.75 Å². The van der Waals surface area contributed by atoms with Crippen molar-refractivity contribution in [2.75, 3.05) is 6.26 Å². The number of benzene rings is 1. The summed E-state index contributed by atoms with van der Waals surface area (Å²) in [4.78, 5) is 10.8. The van der Waals surface area contributed by atoms with Crippen molar-refractivity contribution in [1.82, 2.24) is 0 Å². The van der Waals surface area contributed by atoms with E-state index >= 15 is 0 Å². The van der Waals surface area contributed by atoms with Gasteiger partial charge in [-0.25, -0.2) is 0 Å². The lowest BCUT2D eigenvalue weighted by molar-refractivity contribution is -0.116. The van der Waals surface area contributed by atoms with Crippen LogP contribution in [0.25, 0.3) is 0 Å². The molecule has 0 atom stereocenters. The van der Waals surface area contributed by atoms with Gasteiger partial charge in [-0.3, -0.25) is 0 Å². The SMILES string of the molecule is CC(=O)CCc1ccc(OS(C)(=O)=O)cc1. The minimum Gasteiger partial charge on any atom is -0.383 e. The maximum absolute atomic E-state index is 10.8. The highest BCUT2D eigenvalue weighted by atomic mass is 32.2. The van der Waals surface area contributed by atoms with Crippen LogP contribution in [0.4, 0.5) is 0 Å². The van der Waals surface area contributed by atoms with E-state index in [1.54, 1.807) is 31.2 Å². The van der Waals surface area contributed by atoms with Crippen LogP contribution in [0, 0.1) is 0 Å². The lowest BCUT2D eigenvalue weighted by atomic mass is 10.1. The molecule has 0 N–H and O–H groups in total. The van der Waals surface area contributed by atoms with Crippen molar-refractivity contribution >= 4 is 15.9 Å². The second kappa shape index (κ2) is 5.12. The molecule has 16 heavy (non-hydrogen) atoms. The topological polar surface area (TPSA) is 60.4 Å². The second-order valence-electron chi connectivity index (χ2n) is 3.63. The van der Waals surface area contributed by atoms with E-state index < -0.39 is 10.1 Å². The Balaban J connectivity index is 2.64. The molecule has 1 aromatic carbocycles. The van der Waals surface area contributed by atoms with Crippen LogP contribution in [0.3, 0.4) is 0 Å². The quantitative estimate of drug-likeness (QED) is 0.735. The van der Waals surface area contributed by atoms with E-state index in [9.17, 15) is 13.2 Å². The van der Waals surface area contributed by atoms with Crippen LogP contribution >= 0.6 is 0 Å². The number of ketones is 1. The molecule has 4 nitrogen and oxygen atoms in total. The predicted molar refractivity (Wildman–Crippen MR) is 60.9 cm³/mol. The Kier molecular flexibility index (Phi) is 4.06. The largest absolute Gasteiger partial charge is 0.383 e. The summed E-state index contributed by atoms with van der Waals surface area (Å²) in [5.41, 5.74) is 0.982. The van der Waals surface area contributed by atoms with Crippen LogP contribution < -0.4 is 4.18 Å². The Morgan fingerprint density at radius 2 is 1.81 bits per heavy atom. The zero-order chi connectivity index (χ0) is 12.2. The fourth-order valence-electron chi connectivity index (χ4n) is 1.21. The van der Waals surface area contributed by atoms with E-state index in [0.717, 1.165) is 11.8 Å². The molecule has 0 aliphatic carbocycles. The molecule has 0 aliphatic heterocycles. The standard InChI is InChI=1S/C11H14O4S/c1-9(12)3-4-10-5-7-11(8-6-10)15-16(2,13)14/h5-8H,3-4H2,1-2H3. The van der Waals surface area contributed by atoms with Gasteiger partial charge in [-0.15, -0.1) is 0 Å². The molecular formula is C11H14O4S. The molecule has 0 bridgehead atoms. The fraction of sp³-hybridized carbons (Fsp3) is 0.364. The lowest BCUT2D eigenvalue weighted by Gasteiger charge is -2.03. The van der Waals surface area contributed by atoms with Crippen LogP contribution in [0.2, 0.25) is 0 Å². The van der Waals surface area contributed by atoms with E-state index in [4.69, 9.17) is 0 Å². The van der Waals surface area contributed by atoms with Gasteiger partial charge in [0.1, 0.15) is 11.5 Å². The smallest absolute Gasteiger partial charge is 0.306 e. The molecule has 88 valence electrons. The van der Waals surface area contributed by atoms with Crippen molar-refractivity contribution in [3.8, 4) is 5.75 Å². The summed E-state index contributed by atoms with van der Waals surface area (Å²) in [6.07, 6.45) is 2.15. The number of carbonyl (C=O) groups excluding carboxylic acids is 1. The molecule has 5 heteroatoms. The zero-order valence-electron chi connectivity index (χ0n) is 9.26. The van der Waals surface area contributed by atoms with Crippen LogP contribution in [0.15, 0.2) is 24.3 Å². The maximum Gasteiger partial charge on any atom is 0.306 e. The number of Topliss-reactive ketones (excluding diaryl/α,β-unsaturated/α-hetero) is 1. The summed E-state index contributed by atoms with van der Waals surface area (Å²) < 4.78 is 26.4. The Bertz CT molecular complexity index is 459. The molecule has 0 spiro atoms. The molecule has 0 saturated heterocycles. The molecule has 0 aromatic heterocycles. The molecule has 0 amide bonds. The highest BCUT2D eigenvalue weighted by Crippen LogP contribution is 2.14. The molecule has 0 fully saturated rings. The van der Waals surface area contributed by atoms with Gasteiger partial charge < -0.3 is 8.98 Å². The Morgan fingerprint density at radius 1 is 1.25 bits per heavy atom. The average molecular weight is 242 g/mol. The number of aryl methyl sites for hydroxylation is 1. The van der Waals surface area contributed by atoms with Gasteiger partial charge in [0.05, 0.1) is 6.26 Å². The molecule has 0 heterocycles. The molecule has 1 rings (SSSR count). The van der Waals surface area contributed by atoms with Crippen molar-refractivity contribution in [3.05, 3.63) is 29.8 Å². The van der Waals surface area contributed by atoms with Crippen LogP contribution in [0.1, 0.15) is 18.9 Å². The third-order valence-corrected chi connectivity index (χ3v) is 2.43. The minimum atomic E-state index is -3.47. The van der Waals surface area contributed by atoms with Gasteiger partial charge in [0.2, 0.25) is 0 Å². The van der Waals surface area contributed by atoms with Crippen LogP contribution in [-0.4, -0.2) is 20.5 Å². The first-order chi connectivity index (χ1) is 7.37. The number of rotatable bonds is 5. The Labute approximate surface area is 95.4 Å². The zero-order valence-corrected chi connectivity index (χ0v) is 10.1. The van der Waals surface area contributed by atoms with E-state index in [2.05, 4.69) is 4.18 Å². The summed E-state index contributed by atoms with van der Waals surface area (Å²) in [7, 11) is -3.47. The van der Waals surface area contributed by atoms with Gasteiger partial charge in [-0.1, -0.05) is 12.1 Å². The second-order valence-corrected chi connectivity index (χ2v) is 5.21. The van der Waals surface area contributed by atoms with Gasteiger partial charge in [0.15, 0.2) is 0 Å². The number of hydrogen-bond acceptors (Lipinski definition) is 4. The lowest BCUT2D eigenvalue weighted by Crippen LogP contribution is -2.05. The fourth-order valence-corrected chi connectivity index (χ4v) is 1.67. The Hall–Kier alpha value is -1.36. The molecule has 0 saturated carbocycles. The normalized spacial score (nSPS) is 11.1. The summed E-state index contributed by atoms with van der Waals surface area (Å²) in [5.74, 6) is 0.422. The average Bonchev–Trinajstić information content (AvgIpc) is 2.14. The van der Waals surface area contributed by atoms with Gasteiger partial charge >= 0.3 is 10.1 Å². The molecule has 0 unspecified atom stereocenters. The number of carbonyl (C=O) groups is 1. The van der Waals surface area contributed by atoms with Crippen molar-refractivity contribution in [2.45, 2.75) is 19.8 Å². The summed E-state index contributed by atoms with van der Waals surface area (Å²) in [5, 5.41) is 0. The maximum atomic E-state index is 10.8. The van der Waals surface area contributed by atoms with Crippen molar-refractivity contribution in [1.29, 1.82) is 0 Å². The van der Waals surface area contributed by atoms with Crippen LogP contribution in [-0.2, 0) is 21.3 Å². The molecular weight excluding hydrogens is 228 g/mol. The van der Waals surface area contributed by atoms with E-state index in [1.165, 1.54) is 0 Å². The highest BCUT2D eigenvalue weighted by molar-refractivity contribution is 7.86. The van der Waals surface area contributed by atoms with Gasteiger partial charge in [-0.2, -0.15) is 8.42 Å². The van der Waals surface area contributed by atoms with Gasteiger partial charge in [-0.05, 0) is 31.0 Å². The first-order valence-electron chi connectivity index (χ1n) is 4.84. The third-order valence-electron chi connectivity index (χ3n) is 1.94. The predicted octanol–water partition coefficient (Wildman–Crippen LogP) is 1.55. The molecule has 0 aliphatic rings. The van der Waals surface area contributed by atoms with E-state index in [-0.39, 0.29) is 11.5 Å². The van der Waals surface area contributed by atoms with Crippen molar-refractivity contribution < 1.29 is 17.4 Å². The van der Waals surface area contributed by atoms with E-state index in [0.29, 0.717) is 12.8 Å². The van der Waals surface area contributed by atoms with Crippen molar-refractivity contribution in [2.24, 2.45) is 0 Å². The van der Waals surface area contributed by atoms with Gasteiger partial charge in [0.25, 0.3) is 0 Å². The molecule has 1 aromatic rings. The van der Waals surface area contributed by atoms with Gasteiger partial charge in [0, 0.05) is 6.42 Å². The Morgan fingerprint density at radius 3 is 2.25 bits per heavy atom. The van der Waals surface area contributed by atoms with E-state index in [1.807, 2.05) is 0 Å². The summed E-state index contributed by atoms with van der Waals surface area (Å²) in [6, 6.07) is 6.67. The minimum absolute atomic E-state index is 0.136. The molecule has 0 radical (unpaired) electrons. The van der Waals surface area contributed by atoms with Crippen molar-refractivity contribution in [3.63, 3.8) is 0 Å². The third kappa shape index (κ3) is 4.93.